The minimum atomic E-state index is 0.447. The predicted octanol–water partition coefficient (Wildman–Crippen LogP) is 1.41. The highest BCUT2D eigenvalue weighted by atomic mass is 16.5. The van der Waals surface area contributed by atoms with Crippen molar-refractivity contribution in [2.24, 2.45) is 5.73 Å². The Morgan fingerprint density at radius 1 is 1.28 bits per heavy atom. The second-order valence-electron chi connectivity index (χ2n) is 3.92. The van der Waals surface area contributed by atoms with E-state index in [-0.39, 0.29) is 0 Å². The Kier molecular flexibility index (Phi) is 3.84. The number of hydrogen-bond acceptors (Lipinski definition) is 4. The maximum Gasteiger partial charge on any atom is 0.124 e. The summed E-state index contributed by atoms with van der Waals surface area (Å²) in [5.41, 5.74) is 7.45. The first-order valence-corrected chi connectivity index (χ1v) is 5.68. The van der Waals surface area contributed by atoms with Gasteiger partial charge in [-0.1, -0.05) is 0 Å². The Morgan fingerprint density at radius 3 is 2.72 bits per heavy atom. The van der Waals surface area contributed by atoms with E-state index in [1.165, 1.54) is 0 Å². The molecule has 5 heteroatoms. The molecule has 0 amide bonds. The van der Waals surface area contributed by atoms with Gasteiger partial charge in [0.25, 0.3) is 0 Å². The first-order valence-electron chi connectivity index (χ1n) is 5.68. The highest BCUT2D eigenvalue weighted by Gasteiger charge is 2.06. The molecule has 0 saturated carbocycles. The molecule has 2 aromatic rings. The maximum atomic E-state index is 5.54. The summed E-state index contributed by atoms with van der Waals surface area (Å²) in [5.74, 6) is 1.64. The standard InChI is InChI=1S/C13H17N3O2/c1-17-12-3-4-13(18-2)10(5-12)7-16-8-11(6-14)15-9-16/h3-5,8-9H,6-7,14H2,1-2H3. The normalized spacial score (nSPS) is 10.4. The fraction of sp³-hybridized carbons (Fsp3) is 0.308. The van der Waals surface area contributed by atoms with Crippen molar-refractivity contribution in [3.05, 3.63) is 42.0 Å². The van der Waals surface area contributed by atoms with E-state index in [1.807, 2.05) is 29.0 Å². The molecule has 2 rings (SSSR count). The van der Waals surface area contributed by atoms with Crippen molar-refractivity contribution in [3.8, 4) is 11.5 Å². The van der Waals surface area contributed by atoms with Gasteiger partial charge in [-0.3, -0.25) is 0 Å². The second kappa shape index (κ2) is 5.55. The van der Waals surface area contributed by atoms with Crippen molar-refractivity contribution in [2.45, 2.75) is 13.1 Å². The van der Waals surface area contributed by atoms with Gasteiger partial charge in [0.15, 0.2) is 0 Å². The van der Waals surface area contributed by atoms with Crippen LogP contribution in [0.4, 0.5) is 0 Å². The van der Waals surface area contributed by atoms with Crippen LogP contribution in [0.15, 0.2) is 30.7 Å². The summed E-state index contributed by atoms with van der Waals surface area (Å²) in [6, 6.07) is 5.73. The van der Waals surface area contributed by atoms with E-state index in [2.05, 4.69) is 4.98 Å². The van der Waals surface area contributed by atoms with E-state index in [0.717, 1.165) is 22.8 Å². The molecule has 0 atom stereocenters. The van der Waals surface area contributed by atoms with Gasteiger partial charge in [-0.15, -0.1) is 0 Å². The lowest BCUT2D eigenvalue weighted by molar-refractivity contribution is 0.397. The lowest BCUT2D eigenvalue weighted by Crippen LogP contribution is -2.01. The van der Waals surface area contributed by atoms with Crippen LogP contribution in [0.1, 0.15) is 11.3 Å². The Bertz CT molecular complexity index is 523. The van der Waals surface area contributed by atoms with Gasteiger partial charge in [0.1, 0.15) is 11.5 Å². The maximum absolute atomic E-state index is 5.54. The molecule has 1 heterocycles. The van der Waals surface area contributed by atoms with Crippen LogP contribution in [0.2, 0.25) is 0 Å². The predicted molar refractivity (Wildman–Crippen MR) is 68.8 cm³/mol. The number of imidazole rings is 1. The average Bonchev–Trinajstić information content (AvgIpc) is 2.86. The fourth-order valence-electron chi connectivity index (χ4n) is 1.80. The van der Waals surface area contributed by atoms with Crippen molar-refractivity contribution < 1.29 is 9.47 Å². The molecule has 0 bridgehead atoms. The largest absolute Gasteiger partial charge is 0.497 e. The second-order valence-corrected chi connectivity index (χ2v) is 3.92. The van der Waals surface area contributed by atoms with Gasteiger partial charge < -0.3 is 19.8 Å². The molecular formula is C13H17N3O2. The first kappa shape index (κ1) is 12.4. The van der Waals surface area contributed by atoms with Crippen LogP contribution < -0.4 is 15.2 Å². The van der Waals surface area contributed by atoms with Gasteiger partial charge in [-0.05, 0) is 18.2 Å². The van der Waals surface area contributed by atoms with Crippen LogP contribution in [-0.2, 0) is 13.1 Å². The lowest BCUT2D eigenvalue weighted by atomic mass is 10.2. The Balaban J connectivity index is 2.25. The molecule has 0 saturated heterocycles. The van der Waals surface area contributed by atoms with E-state index >= 15 is 0 Å². The topological polar surface area (TPSA) is 62.3 Å². The quantitative estimate of drug-likeness (QED) is 0.867. The summed E-state index contributed by atoms with van der Waals surface area (Å²) < 4.78 is 12.5. The summed E-state index contributed by atoms with van der Waals surface area (Å²) in [6.45, 7) is 1.12. The van der Waals surface area contributed by atoms with Crippen LogP contribution in [0, 0.1) is 0 Å². The molecule has 96 valence electrons. The molecule has 0 radical (unpaired) electrons. The number of ether oxygens (including phenoxy) is 2. The summed E-state index contributed by atoms with van der Waals surface area (Å²) in [7, 11) is 3.31. The van der Waals surface area contributed by atoms with Gasteiger partial charge in [0.05, 0.1) is 32.8 Å². The van der Waals surface area contributed by atoms with E-state index < -0.39 is 0 Å². The molecule has 2 N–H and O–H groups in total. The molecule has 1 aromatic heterocycles. The van der Waals surface area contributed by atoms with Gasteiger partial charge in [-0.2, -0.15) is 0 Å². The summed E-state index contributed by atoms with van der Waals surface area (Å²) >= 11 is 0. The average molecular weight is 247 g/mol. The molecule has 1 aromatic carbocycles. The third-order valence-corrected chi connectivity index (χ3v) is 2.74. The number of aromatic nitrogens is 2. The van der Waals surface area contributed by atoms with Gasteiger partial charge in [0, 0.05) is 18.3 Å². The van der Waals surface area contributed by atoms with Crippen molar-refractivity contribution >= 4 is 0 Å². The molecule has 0 aliphatic heterocycles. The van der Waals surface area contributed by atoms with E-state index in [4.69, 9.17) is 15.2 Å². The Labute approximate surface area is 106 Å². The SMILES string of the molecule is COc1ccc(OC)c(Cn2cnc(CN)c2)c1. The zero-order valence-corrected chi connectivity index (χ0v) is 10.6. The molecular weight excluding hydrogens is 230 g/mol. The number of benzene rings is 1. The number of nitrogens with zero attached hydrogens (tertiary/aromatic N) is 2. The third kappa shape index (κ3) is 2.62. The zero-order valence-electron chi connectivity index (χ0n) is 10.6. The van der Waals surface area contributed by atoms with E-state index in [9.17, 15) is 0 Å². The molecule has 0 fully saturated rings. The first-order chi connectivity index (χ1) is 8.76. The lowest BCUT2D eigenvalue weighted by Gasteiger charge is -2.10. The Morgan fingerprint density at radius 2 is 2.11 bits per heavy atom. The molecule has 5 nitrogen and oxygen atoms in total. The van der Waals surface area contributed by atoms with Crippen molar-refractivity contribution in [3.63, 3.8) is 0 Å². The van der Waals surface area contributed by atoms with Crippen LogP contribution in [0.25, 0.3) is 0 Å². The molecule has 18 heavy (non-hydrogen) atoms. The van der Waals surface area contributed by atoms with Crippen LogP contribution >= 0.6 is 0 Å². The van der Waals surface area contributed by atoms with E-state index in [1.54, 1.807) is 20.5 Å². The van der Waals surface area contributed by atoms with Gasteiger partial charge in [0.2, 0.25) is 0 Å². The number of hydrogen-bond donors (Lipinski definition) is 1. The van der Waals surface area contributed by atoms with Crippen LogP contribution in [0.3, 0.4) is 0 Å². The van der Waals surface area contributed by atoms with Crippen molar-refractivity contribution in [1.82, 2.24) is 9.55 Å². The summed E-state index contributed by atoms with van der Waals surface area (Å²) in [6.07, 6.45) is 3.69. The number of methoxy groups -OCH3 is 2. The monoisotopic (exact) mass is 247 g/mol. The highest BCUT2D eigenvalue weighted by Crippen LogP contribution is 2.24. The van der Waals surface area contributed by atoms with Crippen LogP contribution in [-0.4, -0.2) is 23.8 Å². The highest BCUT2D eigenvalue weighted by molar-refractivity contribution is 5.40. The van der Waals surface area contributed by atoms with E-state index in [0.29, 0.717) is 13.1 Å². The molecule has 0 aliphatic rings. The number of rotatable bonds is 5. The summed E-state index contributed by atoms with van der Waals surface area (Å²) in [5, 5.41) is 0. The van der Waals surface area contributed by atoms with Crippen molar-refractivity contribution in [1.29, 1.82) is 0 Å². The third-order valence-electron chi connectivity index (χ3n) is 2.74. The Hall–Kier alpha value is -2.01. The van der Waals surface area contributed by atoms with Gasteiger partial charge in [-0.25, -0.2) is 4.98 Å². The minimum absolute atomic E-state index is 0.447. The molecule has 0 spiro atoms. The zero-order chi connectivity index (χ0) is 13.0. The van der Waals surface area contributed by atoms with Crippen molar-refractivity contribution in [2.75, 3.05) is 14.2 Å². The molecule has 0 aliphatic carbocycles. The van der Waals surface area contributed by atoms with Crippen LogP contribution in [0.5, 0.6) is 11.5 Å². The summed E-state index contributed by atoms with van der Waals surface area (Å²) in [4.78, 5) is 4.19. The van der Waals surface area contributed by atoms with Gasteiger partial charge >= 0.3 is 0 Å². The fourth-order valence-corrected chi connectivity index (χ4v) is 1.80. The minimum Gasteiger partial charge on any atom is -0.497 e. The molecule has 0 unspecified atom stereocenters. The smallest absolute Gasteiger partial charge is 0.124 e. The number of nitrogens with two attached hydrogens (primary N) is 1.